The quantitative estimate of drug-likeness (QED) is 0.580. The van der Waals surface area contributed by atoms with Gasteiger partial charge in [-0.2, -0.15) is 0 Å². The number of rotatable bonds is 7. The fourth-order valence-electron chi connectivity index (χ4n) is 5.99. The molecule has 31 heavy (non-hydrogen) atoms. The van der Waals surface area contributed by atoms with Gasteiger partial charge in [-0.25, -0.2) is 0 Å². The third-order valence-electron chi connectivity index (χ3n) is 8.19. The van der Waals surface area contributed by atoms with Crippen LogP contribution in [0.2, 0.25) is 0 Å². The average Bonchev–Trinajstić information content (AvgIpc) is 3.24. The van der Waals surface area contributed by atoms with Gasteiger partial charge in [-0.1, -0.05) is 25.0 Å². The molecule has 0 aromatic rings. The second kappa shape index (κ2) is 9.77. The number of piperidine rings is 1. The Balaban J connectivity index is 1.09. The van der Waals surface area contributed by atoms with Crippen molar-refractivity contribution in [3.63, 3.8) is 0 Å². The van der Waals surface area contributed by atoms with E-state index in [2.05, 4.69) is 28.4 Å². The van der Waals surface area contributed by atoms with Gasteiger partial charge in [-0.3, -0.25) is 9.69 Å². The van der Waals surface area contributed by atoms with Crippen LogP contribution in [-0.2, 0) is 4.79 Å². The first-order chi connectivity index (χ1) is 15.2. The van der Waals surface area contributed by atoms with E-state index in [1.54, 1.807) is 0 Å². The maximum Gasteiger partial charge on any atom is 0.220 e. The van der Waals surface area contributed by atoms with Crippen molar-refractivity contribution in [1.82, 2.24) is 10.2 Å². The van der Waals surface area contributed by atoms with Gasteiger partial charge in [0.25, 0.3) is 0 Å². The van der Waals surface area contributed by atoms with Crippen LogP contribution < -0.4 is 5.32 Å². The van der Waals surface area contributed by atoms with E-state index in [-0.39, 0.29) is 0 Å². The van der Waals surface area contributed by atoms with Crippen molar-refractivity contribution in [2.45, 2.75) is 89.1 Å². The molecule has 1 saturated heterocycles. The zero-order valence-corrected chi connectivity index (χ0v) is 18.9. The number of nitrogens with zero attached hydrogens (tertiary/aromatic N) is 1. The molecule has 0 aromatic heterocycles. The number of likely N-dealkylation sites (tertiary alicyclic amines) is 1. The molecule has 1 unspecified atom stereocenters. The summed E-state index contributed by atoms with van der Waals surface area (Å²) in [5, 5.41) is 3.33. The predicted molar refractivity (Wildman–Crippen MR) is 124 cm³/mol. The van der Waals surface area contributed by atoms with Crippen molar-refractivity contribution in [2.75, 3.05) is 13.1 Å². The fraction of sp³-hybridized carbons (Fsp3) is 0.667. The van der Waals surface area contributed by atoms with Crippen molar-refractivity contribution in [3.8, 4) is 11.3 Å². The highest BCUT2D eigenvalue weighted by Gasteiger charge is 2.28. The number of hydrogen-bond donors (Lipinski definition) is 1. The minimum Gasteiger partial charge on any atom is -0.464 e. The summed E-state index contributed by atoms with van der Waals surface area (Å²) in [6.07, 6.45) is 16.6. The van der Waals surface area contributed by atoms with E-state index in [0.29, 0.717) is 23.9 Å². The Hall–Kier alpha value is -1.81. The second-order valence-electron chi connectivity index (χ2n) is 10.3. The molecule has 1 amide bonds. The van der Waals surface area contributed by atoms with E-state index in [4.69, 9.17) is 4.42 Å². The Morgan fingerprint density at radius 1 is 1.00 bits per heavy atom. The van der Waals surface area contributed by atoms with E-state index < -0.39 is 0 Å². The largest absolute Gasteiger partial charge is 0.464 e. The molecule has 0 bridgehead atoms. The van der Waals surface area contributed by atoms with E-state index in [9.17, 15) is 4.79 Å². The van der Waals surface area contributed by atoms with Crippen LogP contribution in [0.3, 0.4) is 0 Å². The molecule has 3 aliphatic carbocycles. The number of amides is 1. The van der Waals surface area contributed by atoms with Gasteiger partial charge in [0, 0.05) is 29.6 Å². The number of fused-ring (bicyclic) bond motifs is 1. The summed E-state index contributed by atoms with van der Waals surface area (Å²) >= 11 is 0. The third kappa shape index (κ3) is 5.16. The van der Waals surface area contributed by atoms with E-state index >= 15 is 0 Å². The molecule has 168 valence electrons. The first-order valence-electron chi connectivity index (χ1n) is 12.7. The number of carbonyl (C=O) groups excluding carboxylic acids is 1. The summed E-state index contributed by atoms with van der Waals surface area (Å²) in [6.45, 7) is 2.39. The molecule has 3 fully saturated rings. The molecule has 4 nitrogen and oxygen atoms in total. The number of hydrogen-bond acceptors (Lipinski definition) is 3. The smallest absolute Gasteiger partial charge is 0.220 e. The van der Waals surface area contributed by atoms with Crippen LogP contribution in [0.25, 0.3) is 11.3 Å². The van der Waals surface area contributed by atoms with E-state index in [0.717, 1.165) is 30.9 Å². The van der Waals surface area contributed by atoms with Gasteiger partial charge in [0.2, 0.25) is 5.91 Å². The molecule has 0 radical (unpaired) electrons. The maximum atomic E-state index is 12.2. The van der Waals surface area contributed by atoms with E-state index in [1.807, 2.05) is 12.3 Å². The molecule has 5 aliphatic rings. The van der Waals surface area contributed by atoms with Crippen LogP contribution in [-0.4, -0.2) is 29.9 Å². The summed E-state index contributed by atoms with van der Waals surface area (Å²) in [4.78, 5) is 14.9. The zero-order chi connectivity index (χ0) is 21.0. The Kier molecular flexibility index (Phi) is 6.64. The lowest BCUT2D eigenvalue weighted by atomic mass is 9.82. The van der Waals surface area contributed by atoms with Gasteiger partial charge in [0.15, 0.2) is 0 Å². The highest BCUT2D eigenvalue weighted by atomic mass is 16.3. The topological polar surface area (TPSA) is 45.5 Å². The van der Waals surface area contributed by atoms with Crippen molar-refractivity contribution >= 4 is 5.91 Å². The molecule has 2 heterocycles. The molecule has 4 heteroatoms. The molecule has 1 atom stereocenters. The normalized spacial score (nSPS) is 27.8. The predicted octanol–water partition coefficient (Wildman–Crippen LogP) is 6.17. The number of carbonyl (C=O) groups is 1. The summed E-state index contributed by atoms with van der Waals surface area (Å²) in [7, 11) is 0. The first kappa shape index (κ1) is 21.1. The minimum atomic E-state index is 0.302. The van der Waals surface area contributed by atoms with Crippen LogP contribution >= 0.6 is 0 Å². The zero-order valence-electron chi connectivity index (χ0n) is 18.9. The van der Waals surface area contributed by atoms with Crippen LogP contribution in [0.15, 0.2) is 34.9 Å². The van der Waals surface area contributed by atoms with Crippen molar-refractivity contribution in [1.29, 1.82) is 0 Å². The van der Waals surface area contributed by atoms with Crippen LogP contribution in [0.5, 0.6) is 0 Å². The van der Waals surface area contributed by atoms with Crippen LogP contribution in [0.1, 0.15) is 88.7 Å². The Morgan fingerprint density at radius 2 is 1.87 bits per heavy atom. The monoisotopic (exact) mass is 422 g/mol. The second-order valence-corrected chi connectivity index (χ2v) is 10.3. The average molecular weight is 423 g/mol. The summed E-state index contributed by atoms with van der Waals surface area (Å²) in [6, 6.07) is 9.52. The summed E-state index contributed by atoms with van der Waals surface area (Å²) in [5.74, 6) is 2.77. The molecule has 2 saturated carbocycles. The minimum absolute atomic E-state index is 0.302. The molecule has 5 rings (SSSR count). The summed E-state index contributed by atoms with van der Waals surface area (Å²) < 4.78 is 5.90. The fourth-order valence-corrected chi connectivity index (χ4v) is 5.99. The highest BCUT2D eigenvalue weighted by Crippen LogP contribution is 2.36. The molecule has 2 aliphatic heterocycles. The highest BCUT2D eigenvalue weighted by molar-refractivity contribution is 5.76. The van der Waals surface area contributed by atoms with Crippen molar-refractivity contribution in [3.05, 3.63) is 36.1 Å². The molecule has 0 spiro atoms. The Bertz CT molecular complexity index is 818. The Labute approximate surface area is 187 Å². The van der Waals surface area contributed by atoms with Crippen molar-refractivity contribution in [2.24, 2.45) is 11.8 Å². The maximum absolute atomic E-state index is 12.2. The standard InChI is InChI=1S/C27H38N2O2/c30-27(17-21-5-3-6-21)28-24-12-10-20(11-13-24)14-16-29-15-2-1-8-25(29)23-18-22-7-4-9-26(22)31-19-23/h4,7,9,18-21,24-25H,1-3,5-6,8,10-17H2,(H,28,30)/t20-,24-,25?. The number of nitrogens with one attached hydrogen (secondary N) is 1. The lowest BCUT2D eigenvalue weighted by molar-refractivity contribution is -0.123. The molecule has 1 N–H and O–H groups in total. The van der Waals surface area contributed by atoms with Crippen LogP contribution in [0, 0.1) is 11.8 Å². The van der Waals surface area contributed by atoms with Gasteiger partial charge in [0.1, 0.15) is 5.76 Å². The van der Waals surface area contributed by atoms with Gasteiger partial charge >= 0.3 is 0 Å². The molecular formula is C27H38N2O2. The SMILES string of the molecule is O=C(CC1CCC1)N[C@H]1CC[C@H](CCN2CCCCC2c2coc3cccc-3c2)CC1. The molecular weight excluding hydrogens is 384 g/mol. The lowest BCUT2D eigenvalue weighted by Gasteiger charge is -2.37. The van der Waals surface area contributed by atoms with Gasteiger partial charge in [-0.05, 0) is 94.8 Å². The van der Waals surface area contributed by atoms with Crippen molar-refractivity contribution < 1.29 is 9.21 Å². The third-order valence-corrected chi connectivity index (χ3v) is 8.19. The summed E-state index contributed by atoms with van der Waals surface area (Å²) in [5.41, 5.74) is 2.57. The first-order valence-corrected chi connectivity index (χ1v) is 12.7. The van der Waals surface area contributed by atoms with Gasteiger partial charge in [0.05, 0.1) is 6.26 Å². The Morgan fingerprint density at radius 3 is 2.68 bits per heavy atom. The van der Waals surface area contributed by atoms with Gasteiger partial charge in [-0.15, -0.1) is 0 Å². The van der Waals surface area contributed by atoms with Gasteiger partial charge < -0.3 is 9.73 Å². The van der Waals surface area contributed by atoms with E-state index in [1.165, 1.54) is 82.0 Å². The van der Waals surface area contributed by atoms with Crippen LogP contribution in [0.4, 0.5) is 0 Å². The molecule has 0 aromatic carbocycles. The lowest BCUT2D eigenvalue weighted by Crippen LogP contribution is -2.39.